The average Bonchev–Trinajstić information content (AvgIpc) is 3.13. The molecule has 148 valence electrons. The van der Waals surface area contributed by atoms with Crippen molar-refractivity contribution in [2.45, 2.75) is 26.1 Å². The predicted molar refractivity (Wildman–Crippen MR) is 112 cm³/mol. The third kappa shape index (κ3) is 4.27. The van der Waals surface area contributed by atoms with E-state index in [1.807, 2.05) is 43.3 Å². The van der Waals surface area contributed by atoms with Gasteiger partial charge in [0.2, 0.25) is 0 Å². The molecule has 0 aliphatic heterocycles. The van der Waals surface area contributed by atoms with Crippen LogP contribution in [-0.4, -0.2) is 27.8 Å². The Balaban J connectivity index is 1.45. The first kappa shape index (κ1) is 19.1. The SMILES string of the molecule is Cc1[nH]nc2ccc(-c3cncc(OC[C@@H](N)Cc4ccccc4CF)c3)cc12. The van der Waals surface area contributed by atoms with Gasteiger partial charge in [-0.15, -0.1) is 0 Å². The number of nitrogens with one attached hydrogen (secondary N) is 1. The lowest BCUT2D eigenvalue weighted by Crippen LogP contribution is -2.30. The maximum Gasteiger partial charge on any atom is 0.138 e. The third-order valence-corrected chi connectivity index (χ3v) is 5.00. The van der Waals surface area contributed by atoms with Gasteiger partial charge in [0.05, 0.1) is 11.7 Å². The van der Waals surface area contributed by atoms with E-state index in [0.29, 0.717) is 24.3 Å². The first-order chi connectivity index (χ1) is 14.1. The van der Waals surface area contributed by atoms with Crippen LogP contribution < -0.4 is 10.5 Å². The minimum absolute atomic E-state index is 0.240. The monoisotopic (exact) mass is 390 g/mol. The lowest BCUT2D eigenvalue weighted by atomic mass is 10.0. The van der Waals surface area contributed by atoms with Crippen molar-refractivity contribution in [3.05, 3.63) is 77.7 Å². The number of alkyl halides is 1. The number of aromatic amines is 1. The van der Waals surface area contributed by atoms with Crippen LogP contribution in [0.25, 0.3) is 22.0 Å². The van der Waals surface area contributed by atoms with Crippen LogP contribution in [0.3, 0.4) is 0 Å². The summed E-state index contributed by atoms with van der Waals surface area (Å²) in [4.78, 5) is 4.30. The Morgan fingerprint density at radius 3 is 2.72 bits per heavy atom. The summed E-state index contributed by atoms with van der Waals surface area (Å²) in [6.45, 7) is 1.83. The molecule has 0 bridgehead atoms. The highest BCUT2D eigenvalue weighted by Gasteiger charge is 2.10. The Morgan fingerprint density at radius 1 is 1.07 bits per heavy atom. The van der Waals surface area contributed by atoms with Gasteiger partial charge in [0.25, 0.3) is 0 Å². The minimum Gasteiger partial charge on any atom is -0.490 e. The van der Waals surface area contributed by atoms with Crippen LogP contribution in [0.4, 0.5) is 4.39 Å². The van der Waals surface area contributed by atoms with Gasteiger partial charge in [0.1, 0.15) is 19.0 Å². The van der Waals surface area contributed by atoms with Crippen molar-refractivity contribution >= 4 is 10.9 Å². The number of hydrogen-bond acceptors (Lipinski definition) is 4. The number of hydrogen-bond donors (Lipinski definition) is 2. The molecule has 0 radical (unpaired) electrons. The van der Waals surface area contributed by atoms with Gasteiger partial charge in [-0.25, -0.2) is 4.39 Å². The van der Waals surface area contributed by atoms with E-state index in [-0.39, 0.29) is 6.04 Å². The summed E-state index contributed by atoms with van der Waals surface area (Å²) in [7, 11) is 0. The molecule has 0 unspecified atom stereocenters. The van der Waals surface area contributed by atoms with E-state index in [1.54, 1.807) is 18.5 Å². The Morgan fingerprint density at radius 2 is 1.90 bits per heavy atom. The smallest absolute Gasteiger partial charge is 0.138 e. The number of ether oxygens (including phenoxy) is 1. The van der Waals surface area contributed by atoms with E-state index in [1.165, 1.54) is 0 Å². The predicted octanol–water partition coefficient (Wildman–Crippen LogP) is 4.35. The van der Waals surface area contributed by atoms with Crippen molar-refractivity contribution in [3.63, 3.8) is 0 Å². The van der Waals surface area contributed by atoms with E-state index in [0.717, 1.165) is 33.3 Å². The number of aryl methyl sites for hydroxylation is 1. The molecule has 4 rings (SSSR count). The summed E-state index contributed by atoms with van der Waals surface area (Å²) >= 11 is 0. The number of pyridine rings is 1. The van der Waals surface area contributed by atoms with E-state index in [4.69, 9.17) is 10.5 Å². The molecule has 0 spiro atoms. The fourth-order valence-electron chi connectivity index (χ4n) is 3.41. The van der Waals surface area contributed by atoms with Crippen LogP contribution in [0.1, 0.15) is 16.8 Å². The highest BCUT2D eigenvalue weighted by atomic mass is 19.1. The van der Waals surface area contributed by atoms with Crippen LogP contribution in [0, 0.1) is 6.92 Å². The number of nitrogens with zero attached hydrogens (tertiary/aromatic N) is 2. The summed E-state index contributed by atoms with van der Waals surface area (Å²) in [5, 5.41) is 8.35. The van der Waals surface area contributed by atoms with Crippen molar-refractivity contribution in [2.24, 2.45) is 5.73 Å². The molecule has 2 heterocycles. The molecule has 0 aliphatic carbocycles. The summed E-state index contributed by atoms with van der Waals surface area (Å²) in [5.74, 6) is 0.653. The van der Waals surface area contributed by atoms with E-state index in [9.17, 15) is 4.39 Å². The molecule has 5 nitrogen and oxygen atoms in total. The Labute approximate surface area is 168 Å². The molecule has 0 saturated carbocycles. The molecule has 0 saturated heterocycles. The standard InChI is InChI=1S/C23H23FN4O/c1-15-22-10-17(6-7-23(22)28-27-15)19-9-21(13-26-12-19)29-14-20(25)8-16-4-2-3-5-18(16)11-24/h2-7,9-10,12-13,20H,8,11,14,25H2,1H3,(H,27,28)/t20-/m0/s1. The van der Waals surface area contributed by atoms with Gasteiger partial charge in [-0.05, 0) is 48.2 Å². The number of benzene rings is 2. The molecule has 2 aromatic carbocycles. The second-order valence-electron chi connectivity index (χ2n) is 7.17. The zero-order valence-corrected chi connectivity index (χ0v) is 16.2. The largest absolute Gasteiger partial charge is 0.490 e. The lowest BCUT2D eigenvalue weighted by molar-refractivity contribution is 0.286. The zero-order chi connectivity index (χ0) is 20.2. The summed E-state index contributed by atoms with van der Waals surface area (Å²) < 4.78 is 19.0. The van der Waals surface area contributed by atoms with Gasteiger partial charge in [-0.1, -0.05) is 30.3 Å². The Hall–Kier alpha value is -3.25. The molecule has 4 aromatic rings. The number of aromatic nitrogens is 3. The van der Waals surface area contributed by atoms with Crippen molar-refractivity contribution in [1.29, 1.82) is 0 Å². The normalized spacial score (nSPS) is 12.2. The number of halogens is 1. The van der Waals surface area contributed by atoms with Gasteiger partial charge in [-0.3, -0.25) is 10.1 Å². The molecule has 6 heteroatoms. The van der Waals surface area contributed by atoms with Gasteiger partial charge < -0.3 is 10.5 Å². The quantitative estimate of drug-likeness (QED) is 0.492. The minimum atomic E-state index is -0.490. The second-order valence-corrected chi connectivity index (χ2v) is 7.17. The van der Waals surface area contributed by atoms with Crippen molar-refractivity contribution in [2.75, 3.05) is 6.61 Å². The molecule has 1 atom stereocenters. The van der Waals surface area contributed by atoms with E-state index < -0.39 is 6.67 Å². The van der Waals surface area contributed by atoms with Crippen LogP contribution >= 0.6 is 0 Å². The van der Waals surface area contributed by atoms with Crippen LogP contribution in [0.2, 0.25) is 0 Å². The highest BCUT2D eigenvalue weighted by molar-refractivity contribution is 5.86. The zero-order valence-electron chi connectivity index (χ0n) is 16.2. The lowest BCUT2D eigenvalue weighted by Gasteiger charge is -2.15. The van der Waals surface area contributed by atoms with Crippen molar-refractivity contribution < 1.29 is 9.13 Å². The first-order valence-electron chi connectivity index (χ1n) is 9.55. The molecular formula is C23H23FN4O. The molecule has 3 N–H and O–H groups in total. The summed E-state index contributed by atoms with van der Waals surface area (Å²) in [6.07, 6.45) is 4.04. The molecule has 0 amide bonds. The summed E-state index contributed by atoms with van der Waals surface area (Å²) in [6, 6.07) is 15.2. The van der Waals surface area contributed by atoms with Crippen molar-refractivity contribution in [3.8, 4) is 16.9 Å². The maximum atomic E-state index is 13.1. The fraction of sp³-hybridized carbons (Fsp3) is 0.217. The maximum absolute atomic E-state index is 13.1. The van der Waals surface area contributed by atoms with Gasteiger partial charge in [-0.2, -0.15) is 5.10 Å². The highest BCUT2D eigenvalue weighted by Crippen LogP contribution is 2.27. The number of H-pyrrole nitrogens is 1. The number of fused-ring (bicyclic) bond motifs is 1. The molecular weight excluding hydrogens is 367 g/mol. The van der Waals surface area contributed by atoms with Gasteiger partial charge in [0.15, 0.2) is 0 Å². The van der Waals surface area contributed by atoms with Crippen LogP contribution in [0.15, 0.2) is 60.9 Å². The molecule has 0 aliphatic rings. The third-order valence-electron chi connectivity index (χ3n) is 5.00. The second kappa shape index (κ2) is 8.41. The average molecular weight is 390 g/mol. The van der Waals surface area contributed by atoms with Crippen LogP contribution in [0.5, 0.6) is 5.75 Å². The molecule has 0 fully saturated rings. The number of nitrogens with two attached hydrogens (primary N) is 1. The summed E-state index contributed by atoms with van der Waals surface area (Å²) in [5.41, 5.74) is 11.8. The molecule has 2 aromatic heterocycles. The van der Waals surface area contributed by atoms with Gasteiger partial charge >= 0.3 is 0 Å². The van der Waals surface area contributed by atoms with E-state index in [2.05, 4.69) is 21.2 Å². The topological polar surface area (TPSA) is 76.8 Å². The first-order valence-corrected chi connectivity index (χ1v) is 9.55. The Bertz CT molecular complexity index is 1120. The Kier molecular flexibility index (Phi) is 5.53. The van der Waals surface area contributed by atoms with Crippen molar-refractivity contribution in [1.82, 2.24) is 15.2 Å². The molecule has 29 heavy (non-hydrogen) atoms. The van der Waals surface area contributed by atoms with Gasteiger partial charge in [0, 0.05) is 28.9 Å². The fourth-order valence-corrected chi connectivity index (χ4v) is 3.41. The number of rotatable bonds is 7. The van der Waals surface area contributed by atoms with Crippen LogP contribution in [-0.2, 0) is 13.1 Å². The van der Waals surface area contributed by atoms with E-state index >= 15 is 0 Å².